The van der Waals surface area contributed by atoms with E-state index in [0.29, 0.717) is 31.1 Å². The summed E-state index contributed by atoms with van der Waals surface area (Å²) in [7, 11) is -1.90. The number of para-hydroxylation sites is 1. The number of piperazine rings is 1. The Labute approximate surface area is 156 Å². The van der Waals surface area contributed by atoms with Crippen molar-refractivity contribution in [3.63, 3.8) is 0 Å². The van der Waals surface area contributed by atoms with Crippen LogP contribution in [0.2, 0.25) is 0 Å². The lowest BCUT2D eigenvalue weighted by molar-refractivity contribution is 0.384. The van der Waals surface area contributed by atoms with Crippen molar-refractivity contribution in [2.24, 2.45) is 0 Å². The molecule has 0 spiro atoms. The molecule has 1 aliphatic heterocycles. The molecule has 2 aromatic rings. The van der Waals surface area contributed by atoms with E-state index in [0.717, 1.165) is 28.1 Å². The van der Waals surface area contributed by atoms with E-state index in [2.05, 4.69) is 17.0 Å². The standard InChI is InChI=1S/C20H26N2O3S/c1-15-14-19(16(2)17(3)20(15)25-4)26(23,24)22-12-10-21(11-13-22)18-8-6-5-7-9-18/h5-9,14H,10-13H2,1-4H3. The summed E-state index contributed by atoms with van der Waals surface area (Å²) in [6, 6.07) is 11.9. The van der Waals surface area contributed by atoms with Crippen LogP contribution in [0.1, 0.15) is 16.7 Å². The van der Waals surface area contributed by atoms with Gasteiger partial charge in [-0.15, -0.1) is 0 Å². The van der Waals surface area contributed by atoms with E-state index in [1.807, 2.05) is 39.0 Å². The molecule has 0 unspecified atom stereocenters. The first-order valence-corrected chi connectivity index (χ1v) is 10.2. The van der Waals surface area contributed by atoms with Gasteiger partial charge in [0.15, 0.2) is 0 Å². The Morgan fingerprint density at radius 3 is 2.12 bits per heavy atom. The van der Waals surface area contributed by atoms with Crippen LogP contribution in [0.3, 0.4) is 0 Å². The van der Waals surface area contributed by atoms with Crippen molar-refractivity contribution < 1.29 is 13.2 Å². The van der Waals surface area contributed by atoms with Crippen molar-refractivity contribution in [2.75, 3.05) is 38.2 Å². The first-order chi connectivity index (χ1) is 12.4. The van der Waals surface area contributed by atoms with E-state index in [4.69, 9.17) is 4.74 Å². The topological polar surface area (TPSA) is 49.9 Å². The van der Waals surface area contributed by atoms with Crippen molar-refractivity contribution in [1.29, 1.82) is 0 Å². The van der Waals surface area contributed by atoms with Gasteiger partial charge in [0.2, 0.25) is 10.0 Å². The van der Waals surface area contributed by atoms with Crippen LogP contribution in [0.25, 0.3) is 0 Å². The summed E-state index contributed by atoms with van der Waals surface area (Å²) < 4.78 is 33.5. The van der Waals surface area contributed by atoms with Gasteiger partial charge in [0, 0.05) is 31.9 Å². The number of benzene rings is 2. The van der Waals surface area contributed by atoms with Crippen molar-refractivity contribution in [3.05, 3.63) is 53.1 Å². The zero-order chi connectivity index (χ0) is 18.9. The highest BCUT2D eigenvalue weighted by Crippen LogP contribution is 2.32. The maximum Gasteiger partial charge on any atom is 0.243 e. The van der Waals surface area contributed by atoms with Crippen LogP contribution in [0.15, 0.2) is 41.3 Å². The fourth-order valence-corrected chi connectivity index (χ4v) is 5.36. The van der Waals surface area contributed by atoms with Gasteiger partial charge in [-0.05, 0) is 55.7 Å². The third-order valence-electron chi connectivity index (χ3n) is 5.16. The average Bonchev–Trinajstić information content (AvgIpc) is 2.66. The highest BCUT2D eigenvalue weighted by Gasteiger charge is 2.31. The predicted molar refractivity (Wildman–Crippen MR) is 105 cm³/mol. The van der Waals surface area contributed by atoms with Crippen LogP contribution in [0, 0.1) is 20.8 Å². The first kappa shape index (κ1) is 18.7. The van der Waals surface area contributed by atoms with Gasteiger partial charge in [0.1, 0.15) is 5.75 Å². The van der Waals surface area contributed by atoms with E-state index in [1.165, 1.54) is 0 Å². The van der Waals surface area contributed by atoms with Crippen molar-refractivity contribution >= 4 is 15.7 Å². The summed E-state index contributed by atoms with van der Waals surface area (Å²) in [4.78, 5) is 2.62. The number of nitrogens with zero attached hydrogens (tertiary/aromatic N) is 2. The molecule has 0 aliphatic carbocycles. The molecule has 1 aliphatic rings. The molecule has 1 saturated heterocycles. The molecule has 3 rings (SSSR count). The number of ether oxygens (including phenoxy) is 1. The van der Waals surface area contributed by atoms with Gasteiger partial charge >= 0.3 is 0 Å². The number of sulfonamides is 1. The molecular formula is C20H26N2O3S. The zero-order valence-electron chi connectivity index (χ0n) is 15.8. The fraction of sp³-hybridized carbons (Fsp3) is 0.400. The molecule has 1 fully saturated rings. The molecule has 0 bridgehead atoms. The molecule has 0 aromatic heterocycles. The van der Waals surface area contributed by atoms with E-state index < -0.39 is 10.0 Å². The SMILES string of the molecule is COc1c(C)cc(S(=O)(=O)N2CCN(c3ccccc3)CC2)c(C)c1C. The Bertz CT molecular complexity index is 887. The Hall–Kier alpha value is -2.05. The molecule has 6 heteroatoms. The van der Waals surface area contributed by atoms with Crippen LogP contribution in [-0.2, 0) is 10.0 Å². The minimum atomic E-state index is -3.52. The molecule has 5 nitrogen and oxygen atoms in total. The molecule has 0 N–H and O–H groups in total. The number of rotatable bonds is 4. The van der Waals surface area contributed by atoms with Crippen LogP contribution >= 0.6 is 0 Å². The highest BCUT2D eigenvalue weighted by atomic mass is 32.2. The third-order valence-corrected chi connectivity index (χ3v) is 7.19. The summed E-state index contributed by atoms with van der Waals surface area (Å²) in [5.74, 6) is 0.760. The second-order valence-electron chi connectivity index (χ2n) is 6.70. The van der Waals surface area contributed by atoms with Crippen LogP contribution < -0.4 is 9.64 Å². The second kappa shape index (κ2) is 7.29. The second-order valence-corrected chi connectivity index (χ2v) is 8.61. The monoisotopic (exact) mass is 374 g/mol. The minimum absolute atomic E-state index is 0.390. The molecular weight excluding hydrogens is 348 g/mol. The Kier molecular flexibility index (Phi) is 5.25. The number of anilines is 1. The van der Waals surface area contributed by atoms with Crippen molar-refractivity contribution in [3.8, 4) is 5.75 Å². The minimum Gasteiger partial charge on any atom is -0.496 e. The van der Waals surface area contributed by atoms with Gasteiger partial charge in [-0.3, -0.25) is 0 Å². The average molecular weight is 375 g/mol. The normalized spacial score (nSPS) is 15.9. The summed E-state index contributed by atoms with van der Waals surface area (Å²) in [5, 5.41) is 0. The van der Waals surface area contributed by atoms with Gasteiger partial charge in [-0.1, -0.05) is 18.2 Å². The summed E-state index contributed by atoms with van der Waals surface area (Å²) in [6.45, 7) is 8.00. The number of methoxy groups -OCH3 is 1. The van der Waals surface area contributed by atoms with Crippen LogP contribution in [0.5, 0.6) is 5.75 Å². The summed E-state index contributed by atoms with van der Waals surface area (Å²) >= 11 is 0. The summed E-state index contributed by atoms with van der Waals surface area (Å²) in [5.41, 5.74) is 3.63. The van der Waals surface area contributed by atoms with Gasteiger partial charge in [0.05, 0.1) is 12.0 Å². The molecule has 0 atom stereocenters. The number of aryl methyl sites for hydroxylation is 1. The van der Waals surface area contributed by atoms with Gasteiger partial charge in [0.25, 0.3) is 0 Å². The third kappa shape index (κ3) is 3.31. The zero-order valence-corrected chi connectivity index (χ0v) is 16.6. The van der Waals surface area contributed by atoms with E-state index >= 15 is 0 Å². The van der Waals surface area contributed by atoms with Crippen LogP contribution in [-0.4, -0.2) is 46.0 Å². The quantitative estimate of drug-likeness (QED) is 0.825. The molecule has 0 amide bonds. The molecule has 0 radical (unpaired) electrons. The lowest BCUT2D eigenvalue weighted by Crippen LogP contribution is -2.48. The Balaban J connectivity index is 1.84. The van der Waals surface area contributed by atoms with E-state index in [1.54, 1.807) is 17.5 Å². The predicted octanol–water partition coefficient (Wildman–Crippen LogP) is 3.13. The lowest BCUT2D eigenvalue weighted by Gasteiger charge is -2.35. The molecule has 0 saturated carbocycles. The van der Waals surface area contributed by atoms with Gasteiger partial charge in [-0.25, -0.2) is 8.42 Å². The Morgan fingerprint density at radius 1 is 0.923 bits per heavy atom. The maximum atomic E-state index is 13.2. The summed E-state index contributed by atoms with van der Waals surface area (Å²) in [6.07, 6.45) is 0. The smallest absolute Gasteiger partial charge is 0.243 e. The van der Waals surface area contributed by atoms with Crippen LogP contribution in [0.4, 0.5) is 5.69 Å². The van der Waals surface area contributed by atoms with Crippen molar-refractivity contribution in [2.45, 2.75) is 25.7 Å². The molecule has 1 heterocycles. The van der Waals surface area contributed by atoms with Crippen molar-refractivity contribution in [1.82, 2.24) is 4.31 Å². The Morgan fingerprint density at radius 2 is 1.54 bits per heavy atom. The molecule has 2 aromatic carbocycles. The highest BCUT2D eigenvalue weighted by molar-refractivity contribution is 7.89. The fourth-order valence-electron chi connectivity index (χ4n) is 3.57. The number of hydrogen-bond donors (Lipinski definition) is 0. The lowest BCUT2D eigenvalue weighted by atomic mass is 10.1. The number of hydrogen-bond acceptors (Lipinski definition) is 4. The largest absolute Gasteiger partial charge is 0.496 e. The van der Waals surface area contributed by atoms with E-state index in [9.17, 15) is 8.42 Å². The van der Waals surface area contributed by atoms with E-state index in [-0.39, 0.29) is 0 Å². The van der Waals surface area contributed by atoms with Gasteiger partial charge < -0.3 is 9.64 Å². The maximum absolute atomic E-state index is 13.2. The molecule has 140 valence electrons. The van der Waals surface area contributed by atoms with Gasteiger partial charge in [-0.2, -0.15) is 4.31 Å². The first-order valence-electron chi connectivity index (χ1n) is 8.81. The molecule has 26 heavy (non-hydrogen) atoms.